The first-order valence-corrected chi connectivity index (χ1v) is 7.30. The van der Waals surface area contributed by atoms with Gasteiger partial charge in [-0.05, 0) is 43.7 Å². The largest absolute Gasteiger partial charge is 0.490 e. The summed E-state index contributed by atoms with van der Waals surface area (Å²) in [5, 5.41) is 0.758. The summed E-state index contributed by atoms with van der Waals surface area (Å²) in [5.74, 6) is 0.930. The van der Waals surface area contributed by atoms with Crippen molar-refractivity contribution in [3.8, 4) is 5.75 Å². The highest BCUT2D eigenvalue weighted by Gasteiger charge is 2.19. The molecule has 18 heavy (non-hydrogen) atoms. The van der Waals surface area contributed by atoms with E-state index in [-0.39, 0.29) is 0 Å². The maximum Gasteiger partial charge on any atom is 0.119 e. The highest BCUT2D eigenvalue weighted by molar-refractivity contribution is 6.30. The van der Waals surface area contributed by atoms with E-state index >= 15 is 0 Å². The van der Waals surface area contributed by atoms with E-state index in [1.807, 2.05) is 38.1 Å². The van der Waals surface area contributed by atoms with E-state index in [1.54, 1.807) is 0 Å². The Morgan fingerprint density at radius 1 is 1.17 bits per heavy atom. The molecule has 0 aliphatic carbocycles. The van der Waals surface area contributed by atoms with Gasteiger partial charge in [-0.25, -0.2) is 0 Å². The van der Waals surface area contributed by atoms with Crippen molar-refractivity contribution in [3.05, 3.63) is 29.3 Å². The van der Waals surface area contributed by atoms with Gasteiger partial charge in [-0.3, -0.25) is 0 Å². The van der Waals surface area contributed by atoms with Crippen LogP contribution < -0.4 is 4.74 Å². The lowest BCUT2D eigenvalue weighted by Gasteiger charge is -2.31. The molecule has 3 heteroatoms. The average Bonchev–Trinajstić information content (AvgIpc) is 2.44. The van der Waals surface area contributed by atoms with Gasteiger partial charge in [0.2, 0.25) is 0 Å². The van der Waals surface area contributed by atoms with Crippen LogP contribution in [0, 0.1) is 0 Å². The molecule has 0 atom stereocenters. The molecule has 0 saturated carbocycles. The number of piperidine rings is 1. The molecule has 1 aliphatic heterocycles. The van der Waals surface area contributed by atoms with Gasteiger partial charge in [0.25, 0.3) is 0 Å². The lowest BCUT2D eigenvalue weighted by atomic mass is 10.1. The normalized spacial score (nSPS) is 16.9. The number of benzene rings is 1. The summed E-state index contributed by atoms with van der Waals surface area (Å²) in [5.41, 5.74) is 0. The van der Waals surface area contributed by atoms with Crippen LogP contribution in [0.1, 0.15) is 33.6 Å². The summed E-state index contributed by atoms with van der Waals surface area (Å²) in [7, 11) is 0. The second-order valence-corrected chi connectivity index (χ2v) is 4.64. The number of hydrogen-bond acceptors (Lipinski definition) is 2. The van der Waals surface area contributed by atoms with Crippen LogP contribution in [-0.4, -0.2) is 30.6 Å². The molecule has 2 nitrogen and oxygen atoms in total. The number of halogens is 1. The molecule has 102 valence electrons. The van der Waals surface area contributed by atoms with Crippen LogP contribution in [0.4, 0.5) is 0 Å². The number of nitrogens with zero attached hydrogens (tertiary/aromatic N) is 1. The van der Waals surface area contributed by atoms with Crippen molar-refractivity contribution in [2.75, 3.05) is 19.6 Å². The molecular formula is C15H24ClNO. The van der Waals surface area contributed by atoms with E-state index in [0.29, 0.717) is 6.10 Å². The molecule has 0 bridgehead atoms. The van der Waals surface area contributed by atoms with Gasteiger partial charge < -0.3 is 9.64 Å². The molecule has 0 radical (unpaired) electrons. The zero-order chi connectivity index (χ0) is 13.4. The maximum absolute atomic E-state index is 5.92. The molecule has 1 fully saturated rings. The van der Waals surface area contributed by atoms with Crippen LogP contribution in [0.25, 0.3) is 0 Å². The maximum atomic E-state index is 5.92. The molecule has 1 aliphatic rings. The Kier molecular flexibility index (Phi) is 7.14. The fourth-order valence-electron chi connectivity index (χ4n) is 2.05. The molecule has 0 unspecified atom stereocenters. The van der Waals surface area contributed by atoms with Crippen LogP contribution >= 0.6 is 11.6 Å². The lowest BCUT2D eigenvalue weighted by molar-refractivity contribution is 0.104. The summed E-state index contributed by atoms with van der Waals surface area (Å²) in [6.07, 6.45) is 2.61. The summed E-state index contributed by atoms with van der Waals surface area (Å²) in [6.45, 7) is 9.65. The number of hydrogen-bond donors (Lipinski definition) is 0. The van der Waals surface area contributed by atoms with E-state index in [2.05, 4.69) is 11.8 Å². The highest BCUT2D eigenvalue weighted by Crippen LogP contribution is 2.20. The third-order valence-electron chi connectivity index (χ3n) is 3.10. The predicted molar refractivity (Wildman–Crippen MR) is 78.6 cm³/mol. The van der Waals surface area contributed by atoms with E-state index < -0.39 is 0 Å². The van der Waals surface area contributed by atoms with Crippen molar-refractivity contribution in [1.82, 2.24) is 4.90 Å². The molecular weight excluding hydrogens is 246 g/mol. The minimum absolute atomic E-state index is 0.365. The van der Waals surface area contributed by atoms with E-state index in [4.69, 9.17) is 16.3 Å². The van der Waals surface area contributed by atoms with E-state index in [9.17, 15) is 0 Å². The summed E-state index contributed by atoms with van der Waals surface area (Å²) >= 11 is 5.83. The lowest BCUT2D eigenvalue weighted by Crippen LogP contribution is -2.37. The predicted octanol–water partition coefficient (Wildman–Crippen LogP) is 4.23. The van der Waals surface area contributed by atoms with E-state index in [0.717, 1.165) is 43.2 Å². The van der Waals surface area contributed by atoms with Gasteiger partial charge in [-0.15, -0.1) is 0 Å². The Hall–Kier alpha value is -0.730. The van der Waals surface area contributed by atoms with Crippen LogP contribution in [0.15, 0.2) is 24.3 Å². The molecule has 1 aromatic carbocycles. The summed E-state index contributed by atoms with van der Waals surface area (Å²) in [6, 6.07) is 7.62. The second kappa shape index (κ2) is 8.39. The molecule has 1 aromatic rings. The van der Waals surface area contributed by atoms with Crippen LogP contribution in [0.3, 0.4) is 0 Å². The molecule has 0 spiro atoms. The first-order valence-electron chi connectivity index (χ1n) is 6.92. The summed E-state index contributed by atoms with van der Waals surface area (Å²) in [4.78, 5) is 2.46. The van der Waals surface area contributed by atoms with Crippen LogP contribution in [-0.2, 0) is 0 Å². The average molecular weight is 270 g/mol. The number of rotatable bonds is 3. The fraction of sp³-hybridized carbons (Fsp3) is 0.600. The Morgan fingerprint density at radius 3 is 2.22 bits per heavy atom. The Labute approximate surface area is 116 Å². The Balaban J connectivity index is 0.000000771. The first-order chi connectivity index (χ1) is 8.78. The molecule has 2 rings (SSSR count). The number of ether oxygens (including phenoxy) is 1. The molecule has 0 amide bonds. The Bertz CT molecular complexity index is 318. The minimum atomic E-state index is 0.365. The van der Waals surface area contributed by atoms with Crippen molar-refractivity contribution in [1.29, 1.82) is 0 Å². The zero-order valence-corrected chi connectivity index (χ0v) is 12.4. The van der Waals surface area contributed by atoms with Crippen molar-refractivity contribution < 1.29 is 4.74 Å². The smallest absolute Gasteiger partial charge is 0.119 e. The van der Waals surface area contributed by atoms with Crippen LogP contribution in [0.5, 0.6) is 5.75 Å². The second-order valence-electron chi connectivity index (χ2n) is 4.21. The summed E-state index contributed by atoms with van der Waals surface area (Å²) < 4.78 is 5.92. The van der Waals surface area contributed by atoms with E-state index in [1.165, 1.54) is 0 Å². The van der Waals surface area contributed by atoms with Gasteiger partial charge >= 0.3 is 0 Å². The van der Waals surface area contributed by atoms with Crippen molar-refractivity contribution in [3.63, 3.8) is 0 Å². The Morgan fingerprint density at radius 2 is 1.72 bits per heavy atom. The standard InChI is InChI=1S/C13H18ClNO.C2H6/c1-2-15-9-7-13(8-10-15)16-12-5-3-11(14)4-6-12;1-2/h3-6,13H,2,7-10H2,1H3;1-2H3. The third-order valence-corrected chi connectivity index (χ3v) is 3.35. The van der Waals surface area contributed by atoms with Gasteiger partial charge in [0, 0.05) is 18.1 Å². The van der Waals surface area contributed by atoms with Gasteiger partial charge in [0.15, 0.2) is 0 Å². The van der Waals surface area contributed by atoms with Crippen molar-refractivity contribution >= 4 is 11.6 Å². The van der Waals surface area contributed by atoms with Gasteiger partial charge in [0.05, 0.1) is 0 Å². The SMILES string of the molecule is CC.CCN1CCC(Oc2ccc(Cl)cc2)CC1. The topological polar surface area (TPSA) is 12.5 Å². The van der Waals surface area contributed by atoms with Crippen LogP contribution in [0.2, 0.25) is 5.02 Å². The first kappa shape index (κ1) is 15.3. The molecule has 0 aromatic heterocycles. The zero-order valence-electron chi connectivity index (χ0n) is 11.7. The van der Waals surface area contributed by atoms with Gasteiger partial charge in [-0.2, -0.15) is 0 Å². The number of likely N-dealkylation sites (tertiary alicyclic amines) is 1. The monoisotopic (exact) mass is 269 g/mol. The molecule has 1 heterocycles. The minimum Gasteiger partial charge on any atom is -0.490 e. The highest BCUT2D eigenvalue weighted by atomic mass is 35.5. The van der Waals surface area contributed by atoms with Crippen molar-refractivity contribution in [2.45, 2.75) is 39.7 Å². The molecule has 1 saturated heterocycles. The van der Waals surface area contributed by atoms with Crippen molar-refractivity contribution in [2.24, 2.45) is 0 Å². The van der Waals surface area contributed by atoms with Gasteiger partial charge in [-0.1, -0.05) is 32.4 Å². The quantitative estimate of drug-likeness (QED) is 0.814. The fourth-order valence-corrected chi connectivity index (χ4v) is 2.17. The molecule has 0 N–H and O–H groups in total. The third kappa shape index (κ3) is 4.87. The van der Waals surface area contributed by atoms with Gasteiger partial charge in [0.1, 0.15) is 11.9 Å².